The number of ether oxygens (including phenoxy) is 4. The Balaban J connectivity index is 1.39. The Morgan fingerprint density at radius 2 is 1.84 bits per heavy atom. The van der Waals surface area contributed by atoms with Crippen LogP contribution in [-0.4, -0.2) is 80.7 Å². The van der Waals surface area contributed by atoms with Gasteiger partial charge >= 0.3 is 18.1 Å². The van der Waals surface area contributed by atoms with Crippen LogP contribution < -0.4 is 16.0 Å². The number of hydrogen-bond donors (Lipinski definition) is 4. The normalized spacial score (nSPS) is 24.1. The number of nitrogens with zero attached hydrogens (tertiary/aromatic N) is 4. The number of alkyl carbamates (subject to hydrolysis) is 1. The van der Waals surface area contributed by atoms with Gasteiger partial charge in [-0.05, 0) is 6.92 Å². The van der Waals surface area contributed by atoms with Gasteiger partial charge in [0.1, 0.15) is 37.8 Å². The number of aromatic nitrogens is 4. The molecule has 4 unspecified atom stereocenters. The third kappa shape index (κ3) is 5.20. The Morgan fingerprint density at radius 3 is 2.61 bits per heavy atom. The van der Waals surface area contributed by atoms with Crippen LogP contribution in [0.4, 0.5) is 15.4 Å². The molecule has 5 rings (SSSR count). The van der Waals surface area contributed by atoms with Crippen LogP contribution in [0.1, 0.15) is 25.0 Å². The number of carbonyl (C=O) groups is 3. The smallest absolute Gasteiger partial charge is 0.407 e. The maximum atomic E-state index is 12.0. The first-order valence-corrected chi connectivity index (χ1v) is 11.8. The summed E-state index contributed by atoms with van der Waals surface area (Å²) in [5.41, 5.74) is 1.51. The van der Waals surface area contributed by atoms with Crippen molar-refractivity contribution in [3.63, 3.8) is 0 Å². The molecule has 2 fully saturated rings. The van der Waals surface area contributed by atoms with Crippen molar-refractivity contribution in [2.24, 2.45) is 0 Å². The fraction of sp³-hybridized carbons (Fsp3) is 0.391. The number of nitrogens with one attached hydrogen (secondary N) is 3. The summed E-state index contributed by atoms with van der Waals surface area (Å²) in [5, 5.41) is 16.2. The van der Waals surface area contributed by atoms with Crippen molar-refractivity contribution >= 4 is 35.1 Å². The number of benzene rings is 1. The third-order valence-corrected chi connectivity index (χ3v) is 5.88. The Bertz CT molecular complexity index is 1320. The lowest BCUT2D eigenvalue weighted by Gasteiger charge is -2.21. The molecule has 38 heavy (non-hydrogen) atoms. The largest absolute Gasteiger partial charge is 0.480 e. The molecule has 15 heteroatoms. The lowest BCUT2D eigenvalue weighted by molar-refractivity contribution is -0.153. The van der Waals surface area contributed by atoms with E-state index in [0.29, 0.717) is 17.7 Å². The molecule has 1 aromatic carbocycles. The number of anilines is 1. The van der Waals surface area contributed by atoms with E-state index in [-0.39, 0.29) is 12.4 Å². The van der Waals surface area contributed by atoms with E-state index in [2.05, 4.69) is 30.9 Å². The van der Waals surface area contributed by atoms with Gasteiger partial charge in [0.2, 0.25) is 0 Å². The van der Waals surface area contributed by atoms with E-state index in [4.69, 9.17) is 24.1 Å². The Kier molecular flexibility index (Phi) is 7.30. The van der Waals surface area contributed by atoms with Crippen LogP contribution in [0.2, 0.25) is 0 Å². The highest BCUT2D eigenvalue weighted by Gasteiger charge is 2.54. The van der Waals surface area contributed by atoms with Gasteiger partial charge in [0.25, 0.3) is 0 Å². The molecule has 2 aromatic heterocycles. The minimum absolute atomic E-state index is 0.218. The number of carbonyl (C=O) groups excluding carboxylic acids is 2. The van der Waals surface area contributed by atoms with Crippen LogP contribution in [0.25, 0.3) is 11.2 Å². The fourth-order valence-corrected chi connectivity index (χ4v) is 4.26. The predicted molar refractivity (Wildman–Crippen MR) is 128 cm³/mol. The molecule has 2 aliphatic heterocycles. The molecule has 5 atom stereocenters. The number of amides is 3. The van der Waals surface area contributed by atoms with Gasteiger partial charge in [-0.15, -0.1) is 0 Å². The van der Waals surface area contributed by atoms with Crippen LogP contribution in [0.5, 0.6) is 0 Å². The highest BCUT2D eigenvalue weighted by atomic mass is 16.8. The van der Waals surface area contributed by atoms with Crippen LogP contribution >= 0.6 is 0 Å². The van der Waals surface area contributed by atoms with E-state index in [1.807, 2.05) is 30.3 Å². The first-order valence-electron chi connectivity index (χ1n) is 11.8. The van der Waals surface area contributed by atoms with Crippen molar-refractivity contribution in [1.29, 1.82) is 0 Å². The summed E-state index contributed by atoms with van der Waals surface area (Å²) in [6.45, 7) is 1.42. The highest BCUT2D eigenvalue weighted by molar-refractivity contribution is 5.95. The molecule has 0 aliphatic carbocycles. The molecule has 200 valence electrons. The zero-order valence-electron chi connectivity index (χ0n) is 20.1. The van der Waals surface area contributed by atoms with Crippen molar-refractivity contribution in [2.45, 2.75) is 37.8 Å². The molecule has 3 aromatic rings. The topological polar surface area (TPSA) is 188 Å². The lowest BCUT2D eigenvalue weighted by atomic mass is 10.1. The molecular formula is C23H25N7O8. The van der Waals surface area contributed by atoms with E-state index in [1.54, 1.807) is 11.5 Å². The lowest BCUT2D eigenvalue weighted by Crippen LogP contribution is -2.36. The molecule has 0 saturated carbocycles. The average molecular weight is 527 g/mol. The van der Waals surface area contributed by atoms with Crippen molar-refractivity contribution in [1.82, 2.24) is 30.2 Å². The monoisotopic (exact) mass is 527 g/mol. The molecule has 2 aliphatic rings. The Hall–Kier alpha value is -4.34. The van der Waals surface area contributed by atoms with E-state index in [1.165, 1.54) is 12.7 Å². The fourth-order valence-electron chi connectivity index (χ4n) is 4.26. The SMILES string of the molecule is CCNC(=O)Nc1ncnc2c1ncn2C1OC(COC(=O)NCC(=O)O)C2O[C@H](c3ccccc3)OC21. The van der Waals surface area contributed by atoms with Crippen LogP contribution in [0.3, 0.4) is 0 Å². The number of carboxylic acids is 1. The van der Waals surface area contributed by atoms with Gasteiger partial charge in [-0.2, -0.15) is 0 Å². The molecular weight excluding hydrogens is 502 g/mol. The molecule has 15 nitrogen and oxygen atoms in total. The van der Waals surface area contributed by atoms with Gasteiger partial charge in [0.05, 0.1) is 6.33 Å². The Morgan fingerprint density at radius 1 is 1.05 bits per heavy atom. The van der Waals surface area contributed by atoms with Gasteiger partial charge < -0.3 is 34.7 Å². The predicted octanol–water partition coefficient (Wildman–Crippen LogP) is 1.16. The number of rotatable bonds is 8. The summed E-state index contributed by atoms with van der Waals surface area (Å²) >= 11 is 0. The first-order chi connectivity index (χ1) is 18.4. The number of fused-ring (bicyclic) bond motifs is 2. The molecule has 0 radical (unpaired) electrons. The highest BCUT2D eigenvalue weighted by Crippen LogP contribution is 2.45. The molecule has 0 spiro atoms. The standard InChI is InChI=1S/C23H25N7O8/c1-2-24-22(33)29-18-15-19(27-10-26-18)30(11-28-15)20-17-16(37-21(38-17)12-6-4-3-5-7-12)13(36-20)9-35-23(34)25-8-14(31)32/h3-7,10-11,13,16-17,20-21H,2,8-9H2,1H3,(H,25,34)(H,31,32)(H2,24,26,27,29,33)/t13?,16?,17?,20?,21-/m0/s1. The Labute approximate surface area is 215 Å². The van der Waals surface area contributed by atoms with Gasteiger partial charge in [-0.1, -0.05) is 30.3 Å². The summed E-state index contributed by atoms with van der Waals surface area (Å²) in [6.07, 6.45) is -1.61. The quantitative estimate of drug-likeness (QED) is 0.329. The second kappa shape index (κ2) is 11.0. The van der Waals surface area contributed by atoms with Crippen molar-refractivity contribution in [2.75, 3.05) is 25.0 Å². The van der Waals surface area contributed by atoms with Crippen LogP contribution in [0.15, 0.2) is 43.0 Å². The van der Waals surface area contributed by atoms with Crippen LogP contribution in [-0.2, 0) is 23.7 Å². The van der Waals surface area contributed by atoms with Crippen molar-refractivity contribution < 1.29 is 38.4 Å². The minimum Gasteiger partial charge on any atom is -0.480 e. The summed E-state index contributed by atoms with van der Waals surface area (Å²) < 4.78 is 25.4. The van der Waals surface area contributed by atoms with E-state index in [0.717, 1.165) is 5.56 Å². The van der Waals surface area contributed by atoms with Gasteiger partial charge in [0, 0.05) is 12.1 Å². The van der Waals surface area contributed by atoms with E-state index >= 15 is 0 Å². The molecule has 0 bridgehead atoms. The minimum atomic E-state index is -1.20. The zero-order chi connectivity index (χ0) is 26.6. The maximum Gasteiger partial charge on any atom is 0.407 e. The van der Waals surface area contributed by atoms with Crippen LogP contribution in [0, 0.1) is 0 Å². The average Bonchev–Trinajstić information content (AvgIpc) is 3.61. The number of imidazole rings is 1. The second-order valence-corrected chi connectivity index (χ2v) is 8.39. The second-order valence-electron chi connectivity index (χ2n) is 8.39. The number of hydrogen-bond acceptors (Lipinski definition) is 10. The summed E-state index contributed by atoms with van der Waals surface area (Å²) in [4.78, 5) is 47.5. The summed E-state index contributed by atoms with van der Waals surface area (Å²) in [7, 11) is 0. The number of urea groups is 1. The third-order valence-electron chi connectivity index (χ3n) is 5.88. The van der Waals surface area contributed by atoms with Crippen molar-refractivity contribution in [3.05, 3.63) is 48.5 Å². The molecule has 4 N–H and O–H groups in total. The number of aliphatic carboxylic acids is 1. The first kappa shape index (κ1) is 25.3. The zero-order valence-corrected chi connectivity index (χ0v) is 20.1. The maximum absolute atomic E-state index is 12.0. The van der Waals surface area contributed by atoms with Gasteiger partial charge in [0.15, 0.2) is 29.5 Å². The molecule has 2 saturated heterocycles. The summed E-state index contributed by atoms with van der Waals surface area (Å²) in [6, 6.07) is 8.90. The summed E-state index contributed by atoms with van der Waals surface area (Å²) in [5.74, 6) is -0.984. The van der Waals surface area contributed by atoms with E-state index < -0.39 is 55.5 Å². The van der Waals surface area contributed by atoms with Gasteiger partial charge in [-0.3, -0.25) is 14.7 Å². The van der Waals surface area contributed by atoms with E-state index in [9.17, 15) is 14.4 Å². The van der Waals surface area contributed by atoms with Gasteiger partial charge in [-0.25, -0.2) is 24.5 Å². The molecule has 4 heterocycles. The molecule has 3 amide bonds. The van der Waals surface area contributed by atoms with Crippen molar-refractivity contribution in [3.8, 4) is 0 Å². The number of carboxylic acid groups (broad SMARTS) is 1.